The SMILES string of the molecule is N#Cc1cccc(-c2ccc3c(c2)nc(-c2ccccc2)c2cc(-c4c(F)cc(C#N)cc4F)c4nsnc4c23)c1. The van der Waals surface area contributed by atoms with Crippen molar-refractivity contribution in [1.29, 1.82) is 10.5 Å². The Labute approximate surface area is 236 Å². The standard InChI is InChI=1S/C33H15F2N5S/c34-26-12-19(17-37)13-27(35)30(26)25-15-24-29(33-32(25)39-41-40-33)23-10-9-22(21-8-4-5-18(11-21)16-36)14-28(23)38-31(24)20-6-2-1-3-7-20/h1-15H. The number of benzene rings is 5. The Bertz CT molecular complexity index is 2240. The molecule has 0 spiro atoms. The summed E-state index contributed by atoms with van der Waals surface area (Å²) in [4.78, 5) is 5.06. The van der Waals surface area contributed by atoms with Crippen LogP contribution in [0.3, 0.4) is 0 Å². The minimum absolute atomic E-state index is 0.106. The number of fused-ring (bicyclic) bond motifs is 5. The van der Waals surface area contributed by atoms with E-state index in [-0.39, 0.29) is 16.7 Å². The number of nitriles is 2. The van der Waals surface area contributed by atoms with E-state index >= 15 is 8.78 Å². The molecule has 192 valence electrons. The molecule has 0 fully saturated rings. The maximum absolute atomic E-state index is 15.3. The van der Waals surface area contributed by atoms with Gasteiger partial charge in [0.15, 0.2) is 0 Å². The van der Waals surface area contributed by atoms with Crippen LogP contribution in [0, 0.1) is 34.3 Å². The highest BCUT2D eigenvalue weighted by Gasteiger charge is 2.23. The van der Waals surface area contributed by atoms with E-state index in [1.807, 2.05) is 66.7 Å². The van der Waals surface area contributed by atoms with Gasteiger partial charge in [-0.25, -0.2) is 13.8 Å². The second kappa shape index (κ2) is 9.56. The topological polar surface area (TPSA) is 86.2 Å². The van der Waals surface area contributed by atoms with Gasteiger partial charge in [0.2, 0.25) is 0 Å². The van der Waals surface area contributed by atoms with Crippen LogP contribution in [0.5, 0.6) is 0 Å². The zero-order valence-corrected chi connectivity index (χ0v) is 21.9. The minimum Gasteiger partial charge on any atom is -0.247 e. The van der Waals surface area contributed by atoms with E-state index in [1.165, 1.54) is 0 Å². The van der Waals surface area contributed by atoms with Crippen LogP contribution in [-0.4, -0.2) is 13.7 Å². The van der Waals surface area contributed by atoms with Crippen molar-refractivity contribution in [3.05, 3.63) is 114 Å². The lowest BCUT2D eigenvalue weighted by Crippen LogP contribution is -1.96. The van der Waals surface area contributed by atoms with Gasteiger partial charge in [0.1, 0.15) is 22.7 Å². The van der Waals surface area contributed by atoms with E-state index in [1.54, 1.807) is 18.2 Å². The Hall–Kier alpha value is -5.57. The van der Waals surface area contributed by atoms with E-state index in [0.717, 1.165) is 51.3 Å². The molecule has 0 saturated heterocycles. The highest BCUT2D eigenvalue weighted by molar-refractivity contribution is 7.00. The van der Waals surface area contributed by atoms with Crippen LogP contribution in [0.25, 0.3) is 66.2 Å². The smallest absolute Gasteiger partial charge is 0.135 e. The van der Waals surface area contributed by atoms with E-state index in [9.17, 15) is 10.5 Å². The molecule has 0 atom stereocenters. The summed E-state index contributed by atoms with van der Waals surface area (Å²) in [5.74, 6) is -1.70. The number of halogens is 2. The average Bonchev–Trinajstić information content (AvgIpc) is 3.50. The second-order valence-electron chi connectivity index (χ2n) is 9.49. The van der Waals surface area contributed by atoms with E-state index in [0.29, 0.717) is 33.2 Å². The molecule has 41 heavy (non-hydrogen) atoms. The summed E-state index contributed by atoms with van der Waals surface area (Å²) in [7, 11) is 0. The Morgan fingerprint density at radius 3 is 2.10 bits per heavy atom. The molecular formula is C33H15F2N5S. The lowest BCUT2D eigenvalue weighted by Gasteiger charge is -2.14. The third kappa shape index (κ3) is 3.98. The van der Waals surface area contributed by atoms with Crippen molar-refractivity contribution in [3.8, 4) is 45.6 Å². The van der Waals surface area contributed by atoms with Gasteiger partial charge in [-0.3, -0.25) is 0 Å². The van der Waals surface area contributed by atoms with Crippen LogP contribution in [-0.2, 0) is 0 Å². The molecule has 0 saturated carbocycles. The summed E-state index contributed by atoms with van der Waals surface area (Å²) >= 11 is 0.962. The Morgan fingerprint density at radius 2 is 1.34 bits per heavy atom. The number of hydrogen-bond donors (Lipinski definition) is 0. The number of aromatic nitrogens is 3. The molecule has 5 aromatic carbocycles. The van der Waals surface area contributed by atoms with Crippen LogP contribution in [0.4, 0.5) is 8.78 Å². The zero-order chi connectivity index (χ0) is 28.1. The van der Waals surface area contributed by atoms with Crippen molar-refractivity contribution >= 4 is 44.4 Å². The molecule has 0 aliphatic heterocycles. The third-order valence-corrected chi connectivity index (χ3v) is 7.63. The summed E-state index contributed by atoms with van der Waals surface area (Å²) < 4.78 is 39.6. The summed E-state index contributed by atoms with van der Waals surface area (Å²) in [5, 5.41) is 20.8. The number of pyridine rings is 1. The van der Waals surface area contributed by atoms with Gasteiger partial charge < -0.3 is 0 Å². The molecule has 7 rings (SSSR count). The van der Waals surface area contributed by atoms with E-state index in [2.05, 4.69) is 14.8 Å². The van der Waals surface area contributed by atoms with Gasteiger partial charge in [-0.05, 0) is 47.5 Å². The van der Waals surface area contributed by atoms with E-state index in [4.69, 9.17) is 4.98 Å². The average molecular weight is 552 g/mol. The number of nitrogens with zero attached hydrogens (tertiary/aromatic N) is 5. The predicted molar refractivity (Wildman–Crippen MR) is 156 cm³/mol. The third-order valence-electron chi connectivity index (χ3n) is 7.11. The lowest BCUT2D eigenvalue weighted by molar-refractivity contribution is 0.589. The molecule has 0 radical (unpaired) electrons. The maximum atomic E-state index is 15.3. The molecule has 0 N–H and O–H groups in total. The molecule has 0 aliphatic rings. The second-order valence-corrected chi connectivity index (χ2v) is 10.0. The fraction of sp³-hybridized carbons (Fsp3) is 0. The molecular weight excluding hydrogens is 536 g/mol. The van der Waals surface area contributed by atoms with Crippen molar-refractivity contribution in [2.45, 2.75) is 0 Å². The summed E-state index contributed by atoms with van der Waals surface area (Å²) in [6.07, 6.45) is 0. The fourth-order valence-corrected chi connectivity index (χ4v) is 5.83. The molecule has 2 heterocycles. The molecule has 0 aliphatic carbocycles. The van der Waals surface area contributed by atoms with Crippen LogP contribution < -0.4 is 0 Å². The lowest BCUT2D eigenvalue weighted by atomic mass is 9.92. The molecule has 8 heteroatoms. The molecule has 2 aromatic heterocycles. The Balaban J connectivity index is 1.60. The molecule has 0 bridgehead atoms. The first-order chi connectivity index (χ1) is 20.1. The first-order valence-electron chi connectivity index (χ1n) is 12.5. The molecule has 7 aromatic rings. The first-order valence-corrected chi connectivity index (χ1v) is 13.3. The predicted octanol–water partition coefficient (Wildman–Crippen LogP) is 8.42. The van der Waals surface area contributed by atoms with Crippen LogP contribution >= 0.6 is 11.7 Å². The van der Waals surface area contributed by atoms with Gasteiger partial charge in [-0.15, -0.1) is 0 Å². The molecule has 0 unspecified atom stereocenters. The van der Waals surface area contributed by atoms with Crippen molar-refractivity contribution < 1.29 is 8.78 Å². The largest absolute Gasteiger partial charge is 0.247 e. The van der Waals surface area contributed by atoms with Crippen molar-refractivity contribution in [2.24, 2.45) is 0 Å². The summed E-state index contributed by atoms with van der Waals surface area (Å²) in [6.45, 7) is 0. The zero-order valence-electron chi connectivity index (χ0n) is 21.1. The van der Waals surface area contributed by atoms with Crippen LogP contribution in [0.2, 0.25) is 0 Å². The highest BCUT2D eigenvalue weighted by atomic mass is 32.1. The Morgan fingerprint density at radius 1 is 0.634 bits per heavy atom. The van der Waals surface area contributed by atoms with Crippen molar-refractivity contribution in [2.75, 3.05) is 0 Å². The van der Waals surface area contributed by atoms with Crippen molar-refractivity contribution in [3.63, 3.8) is 0 Å². The number of hydrogen-bond acceptors (Lipinski definition) is 6. The summed E-state index contributed by atoms with van der Waals surface area (Å²) in [5.41, 5.74) is 5.23. The van der Waals surface area contributed by atoms with Crippen LogP contribution in [0.15, 0.2) is 91.0 Å². The molecule has 5 nitrogen and oxygen atoms in total. The van der Waals surface area contributed by atoms with Crippen LogP contribution in [0.1, 0.15) is 11.1 Å². The van der Waals surface area contributed by atoms with Crippen molar-refractivity contribution in [1.82, 2.24) is 13.7 Å². The highest BCUT2D eigenvalue weighted by Crippen LogP contribution is 2.42. The van der Waals surface area contributed by atoms with Gasteiger partial charge in [0.05, 0.1) is 51.8 Å². The Kier molecular flexibility index (Phi) is 5.71. The van der Waals surface area contributed by atoms with E-state index < -0.39 is 11.6 Å². The quantitative estimate of drug-likeness (QED) is 0.206. The monoisotopic (exact) mass is 551 g/mol. The van der Waals surface area contributed by atoms with Gasteiger partial charge in [0.25, 0.3) is 0 Å². The fourth-order valence-electron chi connectivity index (χ4n) is 5.27. The first kappa shape index (κ1) is 24.5. The van der Waals surface area contributed by atoms with Gasteiger partial charge in [-0.1, -0.05) is 54.6 Å². The normalized spacial score (nSPS) is 11.1. The van der Waals surface area contributed by atoms with Gasteiger partial charge in [0, 0.05) is 27.3 Å². The van der Waals surface area contributed by atoms with Gasteiger partial charge in [-0.2, -0.15) is 19.3 Å². The minimum atomic E-state index is -0.852. The summed E-state index contributed by atoms with van der Waals surface area (Å²) in [6, 6.07) is 30.6. The molecule has 0 amide bonds. The maximum Gasteiger partial charge on any atom is 0.135 e. The number of rotatable bonds is 3. The van der Waals surface area contributed by atoms with Gasteiger partial charge >= 0.3 is 0 Å².